The van der Waals surface area contributed by atoms with Crippen molar-refractivity contribution in [2.24, 2.45) is 0 Å². The van der Waals surface area contributed by atoms with Gasteiger partial charge in [-0.25, -0.2) is 4.79 Å². The second-order valence-corrected chi connectivity index (χ2v) is 2.84. The Morgan fingerprint density at radius 2 is 2.08 bits per heavy atom. The summed E-state index contributed by atoms with van der Waals surface area (Å²) in [6, 6.07) is 2.90. The molecule has 0 radical (unpaired) electrons. The predicted molar refractivity (Wildman–Crippen MR) is 51.6 cm³/mol. The minimum atomic E-state index is -0.552. The van der Waals surface area contributed by atoms with E-state index in [4.69, 9.17) is 23.1 Å². The number of carbonyl (C=O) groups is 1. The molecule has 0 aliphatic rings. The van der Waals surface area contributed by atoms with Gasteiger partial charge in [-0.2, -0.15) is 0 Å². The van der Waals surface area contributed by atoms with Crippen LogP contribution in [0.4, 0.5) is 11.4 Å². The fourth-order valence-electron chi connectivity index (χ4n) is 0.929. The number of ether oxygens (including phenoxy) is 1. The first-order valence-electron chi connectivity index (χ1n) is 3.49. The Hall–Kier alpha value is -1.42. The molecule has 0 bridgehead atoms. The van der Waals surface area contributed by atoms with Crippen molar-refractivity contribution in [3.8, 4) is 0 Å². The summed E-state index contributed by atoms with van der Waals surface area (Å²) < 4.78 is 4.49. The average molecular weight is 201 g/mol. The molecule has 0 fully saturated rings. The van der Waals surface area contributed by atoms with Crippen molar-refractivity contribution in [2.45, 2.75) is 0 Å². The molecule has 0 aliphatic carbocycles. The van der Waals surface area contributed by atoms with Gasteiger partial charge in [0, 0.05) is 5.69 Å². The number of carbonyl (C=O) groups excluding carboxylic acids is 1. The van der Waals surface area contributed by atoms with E-state index in [1.807, 2.05) is 0 Å². The molecule has 0 heterocycles. The number of halogens is 1. The van der Waals surface area contributed by atoms with Crippen molar-refractivity contribution in [3.63, 3.8) is 0 Å². The van der Waals surface area contributed by atoms with E-state index in [9.17, 15) is 4.79 Å². The number of methoxy groups -OCH3 is 1. The highest BCUT2D eigenvalue weighted by atomic mass is 35.5. The third-order valence-corrected chi connectivity index (χ3v) is 1.95. The number of nitrogen functional groups attached to an aromatic ring is 2. The summed E-state index contributed by atoms with van der Waals surface area (Å²) in [6.07, 6.45) is 0. The maximum Gasteiger partial charge on any atom is 0.339 e. The SMILES string of the molecule is COC(=O)c1cc(N)cc(N)c1Cl. The van der Waals surface area contributed by atoms with Crippen LogP contribution < -0.4 is 11.5 Å². The largest absolute Gasteiger partial charge is 0.465 e. The number of hydrogen-bond acceptors (Lipinski definition) is 4. The lowest BCUT2D eigenvalue weighted by Crippen LogP contribution is -2.05. The zero-order valence-electron chi connectivity index (χ0n) is 7.00. The highest BCUT2D eigenvalue weighted by Gasteiger charge is 2.13. The first-order valence-corrected chi connectivity index (χ1v) is 3.87. The van der Waals surface area contributed by atoms with Crippen LogP contribution in [-0.2, 0) is 4.74 Å². The van der Waals surface area contributed by atoms with E-state index in [1.165, 1.54) is 19.2 Å². The van der Waals surface area contributed by atoms with Gasteiger partial charge < -0.3 is 16.2 Å². The summed E-state index contributed by atoms with van der Waals surface area (Å²) in [4.78, 5) is 11.1. The van der Waals surface area contributed by atoms with Crippen molar-refractivity contribution in [1.82, 2.24) is 0 Å². The first-order chi connectivity index (χ1) is 6.06. The maximum atomic E-state index is 11.1. The molecule has 0 atom stereocenters. The molecule has 0 aromatic heterocycles. The van der Waals surface area contributed by atoms with Gasteiger partial charge in [-0.05, 0) is 12.1 Å². The van der Waals surface area contributed by atoms with E-state index < -0.39 is 5.97 Å². The monoisotopic (exact) mass is 200 g/mol. The van der Waals surface area contributed by atoms with E-state index >= 15 is 0 Å². The van der Waals surface area contributed by atoms with Gasteiger partial charge >= 0.3 is 5.97 Å². The van der Waals surface area contributed by atoms with Crippen LogP contribution >= 0.6 is 11.6 Å². The highest BCUT2D eigenvalue weighted by molar-refractivity contribution is 6.36. The van der Waals surface area contributed by atoms with Gasteiger partial charge in [-0.3, -0.25) is 0 Å². The Bertz CT molecular complexity index is 352. The summed E-state index contributed by atoms with van der Waals surface area (Å²) >= 11 is 5.76. The molecule has 4 N–H and O–H groups in total. The smallest absolute Gasteiger partial charge is 0.339 e. The molecule has 0 amide bonds. The minimum Gasteiger partial charge on any atom is -0.465 e. The van der Waals surface area contributed by atoms with Gasteiger partial charge in [0.05, 0.1) is 23.4 Å². The maximum absolute atomic E-state index is 11.1. The van der Waals surface area contributed by atoms with Crippen molar-refractivity contribution < 1.29 is 9.53 Å². The van der Waals surface area contributed by atoms with Gasteiger partial charge in [-0.1, -0.05) is 11.6 Å². The van der Waals surface area contributed by atoms with Crippen LogP contribution in [0.1, 0.15) is 10.4 Å². The molecule has 1 aromatic rings. The number of anilines is 2. The fourth-order valence-corrected chi connectivity index (χ4v) is 1.11. The van der Waals surface area contributed by atoms with Crippen LogP contribution in [0.2, 0.25) is 5.02 Å². The minimum absolute atomic E-state index is 0.168. The zero-order chi connectivity index (χ0) is 10.0. The normalized spacial score (nSPS) is 9.69. The number of rotatable bonds is 1. The molecule has 0 saturated carbocycles. The Morgan fingerprint density at radius 3 is 2.62 bits per heavy atom. The molecule has 4 nitrogen and oxygen atoms in total. The van der Waals surface area contributed by atoms with Gasteiger partial charge in [0.25, 0.3) is 0 Å². The number of nitrogens with two attached hydrogens (primary N) is 2. The Labute approximate surface area is 80.4 Å². The average Bonchev–Trinajstić information content (AvgIpc) is 2.10. The lowest BCUT2D eigenvalue weighted by molar-refractivity contribution is 0.0601. The van der Waals surface area contributed by atoms with Gasteiger partial charge in [-0.15, -0.1) is 0 Å². The molecule has 13 heavy (non-hydrogen) atoms. The van der Waals surface area contributed by atoms with Gasteiger partial charge in [0.15, 0.2) is 0 Å². The summed E-state index contributed by atoms with van der Waals surface area (Å²) in [7, 11) is 1.26. The number of benzene rings is 1. The van der Waals surface area contributed by atoms with E-state index in [2.05, 4.69) is 4.74 Å². The third-order valence-electron chi connectivity index (χ3n) is 1.53. The molecule has 1 aromatic carbocycles. The molecule has 70 valence electrons. The zero-order valence-corrected chi connectivity index (χ0v) is 7.76. The lowest BCUT2D eigenvalue weighted by atomic mass is 10.2. The predicted octanol–water partition coefficient (Wildman–Crippen LogP) is 1.29. The topological polar surface area (TPSA) is 78.3 Å². The second kappa shape index (κ2) is 3.53. The molecule has 0 aliphatic heterocycles. The van der Waals surface area contributed by atoms with Crippen molar-refractivity contribution in [3.05, 3.63) is 22.7 Å². The van der Waals surface area contributed by atoms with Gasteiger partial charge in [0.1, 0.15) is 0 Å². The summed E-state index contributed by atoms with van der Waals surface area (Å²) in [5.74, 6) is -0.552. The molecule has 0 spiro atoms. The van der Waals surface area contributed by atoms with Crippen LogP contribution in [0, 0.1) is 0 Å². The Kier molecular flexibility index (Phi) is 2.63. The molecule has 0 unspecified atom stereocenters. The van der Waals surface area contributed by atoms with Crippen molar-refractivity contribution in [1.29, 1.82) is 0 Å². The van der Waals surface area contributed by atoms with Crippen molar-refractivity contribution in [2.75, 3.05) is 18.6 Å². The standard InChI is InChI=1S/C8H9ClN2O2/c1-13-8(12)5-2-4(10)3-6(11)7(5)9/h2-3H,10-11H2,1H3. The van der Waals surface area contributed by atoms with Crippen LogP contribution in [0.3, 0.4) is 0 Å². The number of esters is 1. The highest BCUT2D eigenvalue weighted by Crippen LogP contribution is 2.26. The quantitative estimate of drug-likeness (QED) is 0.529. The van der Waals surface area contributed by atoms with Gasteiger partial charge in [0.2, 0.25) is 0 Å². The third kappa shape index (κ3) is 1.84. The molecule has 5 heteroatoms. The molecular formula is C8H9ClN2O2. The summed E-state index contributed by atoms with van der Waals surface area (Å²) in [6.45, 7) is 0. The van der Waals surface area contributed by atoms with Crippen molar-refractivity contribution >= 4 is 28.9 Å². The summed E-state index contributed by atoms with van der Waals surface area (Å²) in [5.41, 5.74) is 11.8. The van der Waals surface area contributed by atoms with Crippen LogP contribution in [0.5, 0.6) is 0 Å². The number of hydrogen-bond donors (Lipinski definition) is 2. The van der Waals surface area contributed by atoms with Crippen LogP contribution in [0.15, 0.2) is 12.1 Å². The van der Waals surface area contributed by atoms with E-state index in [-0.39, 0.29) is 16.3 Å². The van der Waals surface area contributed by atoms with Crippen LogP contribution in [0.25, 0.3) is 0 Å². The second-order valence-electron chi connectivity index (χ2n) is 2.46. The lowest BCUT2D eigenvalue weighted by Gasteiger charge is -2.05. The molecule has 1 rings (SSSR count). The Balaban J connectivity index is 3.28. The molecular weight excluding hydrogens is 192 g/mol. The van der Waals surface area contributed by atoms with Crippen LogP contribution in [-0.4, -0.2) is 13.1 Å². The van der Waals surface area contributed by atoms with E-state index in [1.54, 1.807) is 0 Å². The molecule has 0 saturated heterocycles. The summed E-state index contributed by atoms with van der Waals surface area (Å²) in [5, 5.41) is 0.168. The first kappa shape index (κ1) is 9.67. The van der Waals surface area contributed by atoms with E-state index in [0.29, 0.717) is 5.69 Å². The fraction of sp³-hybridized carbons (Fsp3) is 0.125. The van der Waals surface area contributed by atoms with E-state index in [0.717, 1.165) is 0 Å². The Morgan fingerprint density at radius 1 is 1.46 bits per heavy atom.